The van der Waals surface area contributed by atoms with Gasteiger partial charge in [0.05, 0.1) is 11.1 Å². The molecule has 0 bridgehead atoms. The van der Waals surface area contributed by atoms with E-state index in [9.17, 15) is 40.9 Å². The van der Waals surface area contributed by atoms with Gasteiger partial charge in [0.1, 0.15) is 17.7 Å². The molecule has 2 aliphatic rings. The highest BCUT2D eigenvalue weighted by Gasteiger charge is 2.43. The van der Waals surface area contributed by atoms with Crippen LogP contribution in [-0.4, -0.2) is 34.1 Å². The van der Waals surface area contributed by atoms with Gasteiger partial charge in [0, 0.05) is 24.2 Å². The average Bonchev–Trinajstić information content (AvgIpc) is 3.11. The summed E-state index contributed by atoms with van der Waals surface area (Å²) in [5.41, 5.74) is -0.760. The van der Waals surface area contributed by atoms with Crippen LogP contribution in [0.2, 0.25) is 0 Å². The number of phenols is 1. The summed E-state index contributed by atoms with van der Waals surface area (Å²) in [6.45, 7) is 7.35. The molecule has 1 aliphatic heterocycles. The van der Waals surface area contributed by atoms with E-state index in [1.54, 1.807) is 13.0 Å². The molecule has 0 spiro atoms. The number of alkyl halides is 6. The highest BCUT2D eigenvalue weighted by molar-refractivity contribution is 5.74. The minimum Gasteiger partial charge on any atom is -0.507 e. The molecule has 1 saturated heterocycles. The van der Waals surface area contributed by atoms with Crippen molar-refractivity contribution < 1.29 is 45.7 Å². The fourth-order valence-corrected chi connectivity index (χ4v) is 5.60. The first-order valence-electron chi connectivity index (χ1n) is 13.1. The molecule has 220 valence electrons. The first kappa shape index (κ1) is 30.3. The Morgan fingerprint density at radius 1 is 0.975 bits per heavy atom. The molecule has 4 rings (SSSR count). The Morgan fingerprint density at radius 3 is 2.12 bits per heavy atom. The van der Waals surface area contributed by atoms with Crippen molar-refractivity contribution in [3.05, 3.63) is 69.5 Å². The Morgan fingerprint density at radius 2 is 1.57 bits per heavy atom. The van der Waals surface area contributed by atoms with E-state index in [-0.39, 0.29) is 35.8 Å². The number of phenolic OH excluding ortho intramolecular Hbond substituents is 1. The summed E-state index contributed by atoms with van der Waals surface area (Å²) in [4.78, 5) is 1.47. The van der Waals surface area contributed by atoms with E-state index in [0.29, 0.717) is 36.1 Å². The highest BCUT2D eigenvalue weighted by Crippen LogP contribution is 2.44. The summed E-state index contributed by atoms with van der Waals surface area (Å²) in [6, 6.07) is 3.18. The maximum Gasteiger partial charge on any atom is 0.416 e. The maximum absolute atomic E-state index is 14.5. The molecule has 1 fully saturated rings. The number of aliphatic hydroxyl groups is 1. The molecule has 0 saturated carbocycles. The zero-order chi connectivity index (χ0) is 29.7. The van der Waals surface area contributed by atoms with Crippen LogP contribution in [0.1, 0.15) is 86.8 Å². The van der Waals surface area contributed by atoms with Crippen molar-refractivity contribution in [2.45, 2.75) is 83.8 Å². The summed E-state index contributed by atoms with van der Waals surface area (Å²) >= 11 is 0. The van der Waals surface area contributed by atoms with E-state index >= 15 is 0 Å². The van der Waals surface area contributed by atoms with Crippen LogP contribution in [0.4, 0.5) is 30.7 Å². The van der Waals surface area contributed by atoms with Crippen LogP contribution in [0.15, 0.2) is 35.9 Å². The van der Waals surface area contributed by atoms with Gasteiger partial charge in [-0.25, -0.2) is 9.29 Å². The van der Waals surface area contributed by atoms with Crippen molar-refractivity contribution in [1.29, 1.82) is 0 Å². The number of benzene rings is 2. The lowest BCUT2D eigenvalue weighted by Crippen LogP contribution is -2.38. The van der Waals surface area contributed by atoms with E-state index in [2.05, 4.69) is 0 Å². The van der Waals surface area contributed by atoms with Crippen molar-refractivity contribution in [3.8, 4) is 5.75 Å². The van der Waals surface area contributed by atoms with Crippen LogP contribution in [0, 0.1) is 11.7 Å². The van der Waals surface area contributed by atoms with Gasteiger partial charge in [0.25, 0.3) is 0 Å². The van der Waals surface area contributed by atoms with Gasteiger partial charge >= 0.3 is 12.4 Å². The van der Waals surface area contributed by atoms with E-state index in [1.165, 1.54) is 4.90 Å². The number of hydrogen-bond acceptors (Lipinski definition) is 4. The standard InChI is InChI=1S/C29H32F7NO3/c1-14(2)22-11-23(25(38)12-24(22)30)21-6-5-15(3)7-18(21)13-37-16(4)26(40-27(37)39)17-8-19(28(31,32)33)10-20(9-17)29(34,35)36/h8-12,14-16,26-27,38-39H,5-7,13H2,1-4H3/t15?,16-,26-,27?/m0/s1. The second-order valence-corrected chi connectivity index (χ2v) is 11.1. The minimum absolute atomic E-state index is 0.0540. The molecular weight excluding hydrogens is 543 g/mol. The molecule has 2 N–H and O–H groups in total. The summed E-state index contributed by atoms with van der Waals surface area (Å²) in [6.07, 6.45) is -10.9. The SMILES string of the molecule is CC1CCC(c2cc(C(C)C)c(F)cc2O)=C(CN2C(O)O[C@H](c3cc(C(F)(F)F)cc(C(F)(F)F)c3)[C@@H]2C)C1. The number of rotatable bonds is 5. The van der Waals surface area contributed by atoms with Crippen LogP contribution in [-0.2, 0) is 17.1 Å². The number of nitrogens with zero attached hydrogens (tertiary/aromatic N) is 1. The molecular formula is C29H32F7NO3. The van der Waals surface area contributed by atoms with E-state index < -0.39 is 47.9 Å². The van der Waals surface area contributed by atoms with E-state index in [4.69, 9.17) is 4.74 Å². The Kier molecular flexibility index (Phi) is 8.33. The molecule has 2 aromatic rings. The van der Waals surface area contributed by atoms with Crippen molar-refractivity contribution >= 4 is 5.57 Å². The molecule has 1 heterocycles. The third kappa shape index (κ3) is 6.16. The molecule has 1 aliphatic carbocycles. The third-order valence-electron chi connectivity index (χ3n) is 7.80. The van der Waals surface area contributed by atoms with Crippen LogP contribution < -0.4 is 0 Å². The average molecular weight is 576 g/mol. The van der Waals surface area contributed by atoms with Gasteiger partial charge < -0.3 is 14.9 Å². The third-order valence-corrected chi connectivity index (χ3v) is 7.80. The van der Waals surface area contributed by atoms with Gasteiger partial charge in [-0.05, 0) is 79.0 Å². The van der Waals surface area contributed by atoms with Gasteiger partial charge in [-0.3, -0.25) is 0 Å². The summed E-state index contributed by atoms with van der Waals surface area (Å²) < 4.78 is 101. The number of aromatic hydroxyl groups is 1. The zero-order valence-corrected chi connectivity index (χ0v) is 22.5. The lowest BCUT2D eigenvalue weighted by molar-refractivity contribution is -0.149. The molecule has 2 aromatic carbocycles. The lowest BCUT2D eigenvalue weighted by atomic mass is 9.80. The van der Waals surface area contributed by atoms with Crippen LogP contribution in [0.25, 0.3) is 5.57 Å². The van der Waals surface area contributed by atoms with Crippen LogP contribution in [0.5, 0.6) is 5.75 Å². The fraction of sp³-hybridized carbons (Fsp3) is 0.517. The Bertz CT molecular complexity index is 1250. The quantitative estimate of drug-likeness (QED) is 0.355. The van der Waals surface area contributed by atoms with Gasteiger partial charge in [0.15, 0.2) is 0 Å². The van der Waals surface area contributed by atoms with Gasteiger partial charge in [-0.1, -0.05) is 26.3 Å². The summed E-state index contributed by atoms with van der Waals surface area (Å²) in [5.74, 6) is -0.650. The van der Waals surface area contributed by atoms with Crippen molar-refractivity contribution in [1.82, 2.24) is 4.90 Å². The molecule has 0 amide bonds. The molecule has 2 unspecified atom stereocenters. The maximum atomic E-state index is 14.5. The normalized spacial score (nSPS) is 24.8. The first-order valence-corrected chi connectivity index (χ1v) is 13.1. The monoisotopic (exact) mass is 575 g/mol. The smallest absolute Gasteiger partial charge is 0.416 e. The molecule has 40 heavy (non-hydrogen) atoms. The number of hydrogen-bond donors (Lipinski definition) is 2. The number of halogens is 7. The number of allylic oxidation sites excluding steroid dienone is 1. The Labute approximate surface area is 228 Å². The predicted octanol–water partition coefficient (Wildman–Crippen LogP) is 8.00. The van der Waals surface area contributed by atoms with Crippen LogP contribution >= 0.6 is 0 Å². The zero-order valence-electron chi connectivity index (χ0n) is 22.5. The summed E-state index contributed by atoms with van der Waals surface area (Å²) in [7, 11) is 0. The lowest BCUT2D eigenvalue weighted by Gasteiger charge is -2.31. The molecule has 0 radical (unpaired) electrons. The number of ether oxygens (including phenoxy) is 1. The minimum atomic E-state index is -5.01. The Hall–Kier alpha value is -2.63. The Balaban J connectivity index is 1.71. The first-order chi connectivity index (χ1) is 18.5. The molecule has 4 nitrogen and oxygen atoms in total. The highest BCUT2D eigenvalue weighted by atomic mass is 19.4. The fourth-order valence-electron chi connectivity index (χ4n) is 5.60. The van der Waals surface area contributed by atoms with E-state index in [0.717, 1.165) is 23.6 Å². The predicted molar refractivity (Wildman–Crippen MR) is 135 cm³/mol. The summed E-state index contributed by atoms with van der Waals surface area (Å²) in [5, 5.41) is 21.4. The van der Waals surface area contributed by atoms with Gasteiger partial charge in [-0.2, -0.15) is 26.3 Å². The van der Waals surface area contributed by atoms with Gasteiger partial charge in [0.2, 0.25) is 6.41 Å². The molecule has 11 heteroatoms. The molecule has 4 atom stereocenters. The molecule has 0 aromatic heterocycles. The second-order valence-electron chi connectivity index (χ2n) is 11.1. The van der Waals surface area contributed by atoms with Gasteiger partial charge in [-0.15, -0.1) is 0 Å². The van der Waals surface area contributed by atoms with Crippen molar-refractivity contribution in [2.75, 3.05) is 6.54 Å². The number of aliphatic hydroxyl groups excluding tert-OH is 1. The largest absolute Gasteiger partial charge is 0.507 e. The van der Waals surface area contributed by atoms with Crippen molar-refractivity contribution in [3.63, 3.8) is 0 Å². The van der Waals surface area contributed by atoms with Crippen LogP contribution in [0.3, 0.4) is 0 Å². The second kappa shape index (κ2) is 11.0. The van der Waals surface area contributed by atoms with Crippen molar-refractivity contribution in [2.24, 2.45) is 5.92 Å². The topological polar surface area (TPSA) is 52.9 Å². The van der Waals surface area contributed by atoms with E-state index in [1.807, 2.05) is 20.8 Å².